The molecule has 0 spiro atoms. The van der Waals surface area contributed by atoms with Gasteiger partial charge in [-0.15, -0.1) is 0 Å². The van der Waals surface area contributed by atoms with Gasteiger partial charge in [0.2, 0.25) is 0 Å². The van der Waals surface area contributed by atoms with Crippen LogP contribution in [0.1, 0.15) is 59.5 Å². The van der Waals surface area contributed by atoms with Crippen molar-refractivity contribution in [3.05, 3.63) is 76.1 Å². The van der Waals surface area contributed by atoms with Crippen molar-refractivity contribution in [2.24, 2.45) is 0 Å². The van der Waals surface area contributed by atoms with E-state index >= 15 is 0 Å². The van der Waals surface area contributed by atoms with E-state index in [1.165, 1.54) is 27.7 Å². The monoisotopic (exact) mass is 478 g/mol. The molecule has 1 heterocycles. The van der Waals surface area contributed by atoms with E-state index in [0.29, 0.717) is 17.6 Å². The van der Waals surface area contributed by atoms with E-state index in [9.17, 15) is 24.3 Å². The number of benzene rings is 2. The molecule has 178 valence electrons. The number of aromatic hydroxyl groups is 1. The number of carbonyl (C=O) groups excluding carboxylic acids is 3. The summed E-state index contributed by atoms with van der Waals surface area (Å²) < 4.78 is 9.73. The summed E-state index contributed by atoms with van der Waals surface area (Å²) in [6.45, 7) is 8.18. The summed E-state index contributed by atoms with van der Waals surface area (Å²) in [7, 11) is 0. The zero-order valence-corrected chi connectivity index (χ0v) is 22.6. The van der Waals surface area contributed by atoms with Crippen LogP contribution in [0.15, 0.2) is 63.8 Å². The van der Waals surface area contributed by atoms with Crippen LogP contribution in [0.25, 0.3) is 11.0 Å². The summed E-state index contributed by atoms with van der Waals surface area (Å²) in [4.78, 5) is 43.4. The number of para-hydroxylation sites is 1. The van der Waals surface area contributed by atoms with Crippen LogP contribution in [0, 0.1) is 0 Å². The Balaban J connectivity index is 0. The quantitative estimate of drug-likeness (QED) is 0.339. The molecule has 2 aromatic carbocycles. The number of esters is 1. The van der Waals surface area contributed by atoms with Crippen LogP contribution in [0.3, 0.4) is 0 Å². The second-order valence-electron chi connectivity index (χ2n) is 7.35. The van der Waals surface area contributed by atoms with Gasteiger partial charge in [-0.05, 0) is 45.4 Å². The zero-order valence-electron chi connectivity index (χ0n) is 21.6. The standard InChI is InChI=1S/C19H16O4.C4H8O2.C3H6O.Na.H/c1-12(20)11-15(13-7-3-2-4-8-13)17-18(21)14-9-5-6-10-16(14)23-19(17)22;1-3-6-4(2)5;1-3(2)4;;/h2-10,15,21H,11H2,1H3;3H2,1-2H3;1-2H3;;/q;;;+1;-1. The fraction of sp³-hybridized carbons (Fsp3) is 0.308. The van der Waals surface area contributed by atoms with E-state index in [0.717, 1.165) is 5.56 Å². The second kappa shape index (κ2) is 16.0. The van der Waals surface area contributed by atoms with Crippen LogP contribution in [-0.4, -0.2) is 29.2 Å². The van der Waals surface area contributed by atoms with Crippen molar-refractivity contribution in [1.29, 1.82) is 0 Å². The van der Waals surface area contributed by atoms with Crippen molar-refractivity contribution in [2.75, 3.05) is 6.61 Å². The van der Waals surface area contributed by atoms with Gasteiger partial charge < -0.3 is 20.5 Å². The van der Waals surface area contributed by atoms with Crippen LogP contribution in [0.5, 0.6) is 5.75 Å². The molecule has 34 heavy (non-hydrogen) atoms. The van der Waals surface area contributed by atoms with E-state index in [4.69, 9.17) is 4.42 Å². The molecule has 3 aromatic rings. The Morgan fingerprint density at radius 3 is 1.97 bits per heavy atom. The molecule has 1 atom stereocenters. The molecular weight excluding hydrogens is 447 g/mol. The SMILES string of the molecule is CC(=O)CC(c1ccccc1)c1c(O)c2ccccc2oc1=O.CC(C)=O.CCOC(C)=O.[H-].[Na+]. The average Bonchev–Trinajstić information content (AvgIpc) is 2.73. The van der Waals surface area contributed by atoms with Gasteiger partial charge in [0.25, 0.3) is 0 Å². The third-order valence-corrected chi connectivity index (χ3v) is 4.21. The minimum Gasteiger partial charge on any atom is -1.00 e. The maximum absolute atomic E-state index is 12.4. The third-order valence-electron chi connectivity index (χ3n) is 4.21. The first kappa shape index (κ1) is 31.3. The molecular formula is C26H31NaO7. The van der Waals surface area contributed by atoms with Gasteiger partial charge in [-0.25, -0.2) is 4.79 Å². The molecule has 0 amide bonds. The molecule has 0 aliphatic carbocycles. The topological polar surface area (TPSA) is 111 Å². The molecule has 0 saturated heterocycles. The number of hydrogen-bond acceptors (Lipinski definition) is 7. The van der Waals surface area contributed by atoms with Crippen molar-refractivity contribution < 1.29 is 59.6 Å². The van der Waals surface area contributed by atoms with Crippen LogP contribution in [0.2, 0.25) is 0 Å². The maximum atomic E-state index is 12.4. The predicted molar refractivity (Wildman–Crippen MR) is 128 cm³/mol. The van der Waals surface area contributed by atoms with E-state index in [2.05, 4.69) is 4.74 Å². The van der Waals surface area contributed by atoms with Gasteiger partial charge in [0.05, 0.1) is 17.6 Å². The molecule has 0 saturated carbocycles. The van der Waals surface area contributed by atoms with Gasteiger partial charge in [0.1, 0.15) is 22.9 Å². The summed E-state index contributed by atoms with van der Waals surface area (Å²) in [6.07, 6.45) is 0.126. The maximum Gasteiger partial charge on any atom is 1.00 e. The molecule has 0 bridgehead atoms. The summed E-state index contributed by atoms with van der Waals surface area (Å²) in [5, 5.41) is 11.1. The smallest absolute Gasteiger partial charge is 1.00 e. The van der Waals surface area contributed by atoms with Crippen LogP contribution in [-0.2, 0) is 19.1 Å². The first-order valence-electron chi connectivity index (χ1n) is 10.5. The molecule has 1 N–H and O–H groups in total. The Morgan fingerprint density at radius 2 is 1.50 bits per heavy atom. The van der Waals surface area contributed by atoms with Gasteiger partial charge >= 0.3 is 41.2 Å². The molecule has 1 aromatic heterocycles. The van der Waals surface area contributed by atoms with Gasteiger partial charge in [0, 0.05) is 19.3 Å². The Labute approximate surface area is 222 Å². The summed E-state index contributed by atoms with van der Waals surface area (Å²) >= 11 is 0. The van der Waals surface area contributed by atoms with Gasteiger partial charge in [0.15, 0.2) is 0 Å². The fourth-order valence-corrected chi connectivity index (χ4v) is 3.02. The number of carbonyl (C=O) groups is 3. The van der Waals surface area contributed by atoms with Crippen molar-refractivity contribution in [3.63, 3.8) is 0 Å². The van der Waals surface area contributed by atoms with Crippen molar-refractivity contribution in [3.8, 4) is 5.75 Å². The Bertz CT molecular complexity index is 1140. The number of Topliss-reactive ketones (excluding diaryl/α,β-unsaturated/α-hetero) is 2. The normalized spacial score (nSPS) is 10.4. The van der Waals surface area contributed by atoms with Crippen molar-refractivity contribution in [2.45, 2.75) is 47.0 Å². The van der Waals surface area contributed by atoms with E-state index in [1.807, 2.05) is 30.3 Å². The second-order valence-corrected chi connectivity index (χ2v) is 7.35. The Morgan fingerprint density at radius 1 is 0.971 bits per heavy atom. The van der Waals surface area contributed by atoms with Gasteiger partial charge in [-0.2, -0.15) is 0 Å². The van der Waals surface area contributed by atoms with E-state index in [-0.39, 0.29) is 66.3 Å². The molecule has 1 unspecified atom stereocenters. The molecule has 8 heteroatoms. The van der Waals surface area contributed by atoms with Crippen LogP contribution >= 0.6 is 0 Å². The molecule has 0 aliphatic heterocycles. The van der Waals surface area contributed by atoms with Crippen LogP contribution in [0.4, 0.5) is 0 Å². The molecule has 0 fully saturated rings. The number of rotatable bonds is 5. The summed E-state index contributed by atoms with van der Waals surface area (Å²) in [6, 6.07) is 16.0. The number of ether oxygens (including phenoxy) is 1. The Hall–Kier alpha value is -2.74. The number of ketones is 2. The zero-order chi connectivity index (χ0) is 25.0. The van der Waals surface area contributed by atoms with E-state index < -0.39 is 11.5 Å². The van der Waals surface area contributed by atoms with Crippen molar-refractivity contribution >= 4 is 28.5 Å². The first-order valence-corrected chi connectivity index (χ1v) is 10.5. The molecule has 3 rings (SSSR count). The minimum atomic E-state index is -0.615. The predicted octanol–water partition coefficient (Wildman–Crippen LogP) is 1.89. The average molecular weight is 479 g/mol. The first-order chi connectivity index (χ1) is 15.6. The van der Waals surface area contributed by atoms with Gasteiger partial charge in [-0.1, -0.05) is 42.5 Å². The van der Waals surface area contributed by atoms with Crippen molar-refractivity contribution in [1.82, 2.24) is 0 Å². The molecule has 0 aliphatic rings. The van der Waals surface area contributed by atoms with Crippen LogP contribution < -0.4 is 35.2 Å². The number of fused-ring (bicyclic) bond motifs is 1. The third kappa shape index (κ3) is 10.5. The minimum absolute atomic E-state index is 0. The largest absolute Gasteiger partial charge is 1.00 e. The fourth-order valence-electron chi connectivity index (χ4n) is 3.02. The summed E-state index contributed by atoms with van der Waals surface area (Å²) in [5.74, 6) is -0.759. The van der Waals surface area contributed by atoms with Gasteiger partial charge in [-0.3, -0.25) is 9.59 Å². The van der Waals surface area contributed by atoms with E-state index in [1.54, 1.807) is 31.2 Å². The Kier molecular flexibility index (Phi) is 14.7. The molecule has 7 nitrogen and oxygen atoms in total. The number of hydrogen-bond donors (Lipinski definition) is 1. The molecule has 0 radical (unpaired) electrons. The summed E-state index contributed by atoms with van der Waals surface area (Å²) in [5.41, 5.74) is 0.635.